The maximum Gasteiger partial charge on any atom is 0.242 e. The average Bonchev–Trinajstić information content (AvgIpc) is 2.82. The smallest absolute Gasteiger partial charge is 0.242 e. The molecule has 0 saturated heterocycles. The number of aliphatic hydroxyl groups is 1. The van der Waals surface area contributed by atoms with Crippen molar-refractivity contribution < 1.29 is 13.5 Å². The fourth-order valence-corrected chi connectivity index (χ4v) is 3.27. The summed E-state index contributed by atoms with van der Waals surface area (Å²) in [5.74, 6) is 0. The van der Waals surface area contributed by atoms with Gasteiger partial charge in [0.2, 0.25) is 10.0 Å². The van der Waals surface area contributed by atoms with Gasteiger partial charge in [0.05, 0.1) is 0 Å². The summed E-state index contributed by atoms with van der Waals surface area (Å²) in [4.78, 5) is 3.13. The lowest BCUT2D eigenvalue weighted by Gasteiger charge is -2.05. The number of hydrogen-bond acceptors (Lipinski definition) is 4. The number of aliphatic hydroxyl groups excluding tert-OH is 1. The van der Waals surface area contributed by atoms with E-state index in [9.17, 15) is 8.42 Å². The molecule has 0 aliphatic carbocycles. The quantitative estimate of drug-likeness (QED) is 0.454. The van der Waals surface area contributed by atoms with Crippen LogP contribution in [0.5, 0.6) is 0 Å². The van der Waals surface area contributed by atoms with E-state index in [2.05, 4.69) is 9.71 Å². The van der Waals surface area contributed by atoms with Crippen molar-refractivity contribution in [3.8, 4) is 0 Å². The molecule has 20 heavy (non-hydrogen) atoms. The SMILES string of the molecule is Nc1ccc2[nH]cc(S(=O)(=O)NCCCCCO)c2c1. The van der Waals surface area contributed by atoms with E-state index in [1.807, 2.05) is 0 Å². The normalized spacial score (nSPS) is 12.1. The molecular formula is C13H19N3O3S. The summed E-state index contributed by atoms with van der Waals surface area (Å²) in [7, 11) is -3.55. The Morgan fingerprint density at radius 2 is 2.05 bits per heavy atom. The molecule has 0 spiro atoms. The molecule has 0 atom stereocenters. The Labute approximate surface area is 118 Å². The lowest BCUT2D eigenvalue weighted by Crippen LogP contribution is -2.24. The average molecular weight is 297 g/mol. The zero-order valence-corrected chi connectivity index (χ0v) is 11.9. The third kappa shape index (κ3) is 3.30. The van der Waals surface area contributed by atoms with Crippen LogP contribution in [0.15, 0.2) is 29.3 Å². The molecule has 0 radical (unpaired) electrons. The van der Waals surface area contributed by atoms with Crippen molar-refractivity contribution in [3.05, 3.63) is 24.4 Å². The number of nitrogens with two attached hydrogens (primary N) is 1. The first kappa shape index (κ1) is 14.8. The molecule has 7 heteroatoms. The molecule has 0 bridgehead atoms. The highest BCUT2D eigenvalue weighted by molar-refractivity contribution is 7.89. The van der Waals surface area contributed by atoms with E-state index < -0.39 is 10.0 Å². The zero-order valence-electron chi connectivity index (χ0n) is 11.1. The topological polar surface area (TPSA) is 108 Å². The standard InChI is InChI=1S/C13H19N3O3S/c14-10-4-5-12-11(8-10)13(9-15-12)20(18,19)16-6-2-1-3-7-17/h4-5,8-9,15-17H,1-3,6-7,14H2. The van der Waals surface area contributed by atoms with Gasteiger partial charge in [-0.15, -0.1) is 0 Å². The summed E-state index contributed by atoms with van der Waals surface area (Å²) in [6.07, 6.45) is 3.65. The monoisotopic (exact) mass is 297 g/mol. The molecule has 0 aliphatic heterocycles. The van der Waals surface area contributed by atoms with Crippen LogP contribution in [0.2, 0.25) is 0 Å². The molecule has 0 unspecified atom stereocenters. The Morgan fingerprint density at radius 1 is 1.25 bits per heavy atom. The number of hydrogen-bond donors (Lipinski definition) is 4. The molecule has 2 rings (SSSR count). The number of unbranched alkanes of at least 4 members (excludes halogenated alkanes) is 2. The van der Waals surface area contributed by atoms with Crippen LogP contribution in [0.4, 0.5) is 5.69 Å². The van der Waals surface area contributed by atoms with Crippen LogP contribution < -0.4 is 10.5 Å². The lowest BCUT2D eigenvalue weighted by molar-refractivity contribution is 0.283. The number of benzene rings is 1. The first-order chi connectivity index (χ1) is 9.54. The molecule has 0 saturated carbocycles. The van der Waals surface area contributed by atoms with E-state index in [1.54, 1.807) is 18.2 Å². The van der Waals surface area contributed by atoms with Crippen LogP contribution in [-0.4, -0.2) is 31.7 Å². The number of aromatic nitrogens is 1. The van der Waals surface area contributed by atoms with Crippen LogP contribution in [-0.2, 0) is 10.0 Å². The molecular weight excluding hydrogens is 278 g/mol. The summed E-state index contributed by atoms with van der Waals surface area (Å²) in [6, 6.07) is 5.12. The minimum atomic E-state index is -3.55. The molecule has 0 fully saturated rings. The number of fused-ring (bicyclic) bond motifs is 1. The number of aromatic amines is 1. The number of anilines is 1. The highest BCUT2D eigenvalue weighted by atomic mass is 32.2. The predicted octanol–water partition coefficient (Wildman–Crippen LogP) is 1.19. The van der Waals surface area contributed by atoms with Gasteiger partial charge < -0.3 is 15.8 Å². The summed E-state index contributed by atoms with van der Waals surface area (Å²) >= 11 is 0. The Balaban J connectivity index is 2.13. The minimum Gasteiger partial charge on any atom is -0.399 e. The zero-order chi connectivity index (χ0) is 14.6. The molecule has 5 N–H and O–H groups in total. The van der Waals surface area contributed by atoms with Crippen LogP contribution in [0, 0.1) is 0 Å². The van der Waals surface area contributed by atoms with E-state index in [0.29, 0.717) is 30.5 Å². The lowest BCUT2D eigenvalue weighted by atomic mass is 10.2. The summed E-state index contributed by atoms with van der Waals surface area (Å²) in [5, 5.41) is 9.26. The van der Waals surface area contributed by atoms with Gasteiger partial charge in [-0.05, 0) is 37.5 Å². The van der Waals surface area contributed by atoms with E-state index in [0.717, 1.165) is 11.9 Å². The first-order valence-electron chi connectivity index (χ1n) is 6.52. The van der Waals surface area contributed by atoms with Crippen LogP contribution in [0.3, 0.4) is 0 Å². The van der Waals surface area contributed by atoms with Crippen molar-refractivity contribution in [2.45, 2.75) is 24.2 Å². The van der Waals surface area contributed by atoms with Crippen LogP contribution in [0.1, 0.15) is 19.3 Å². The molecule has 110 valence electrons. The second-order valence-corrected chi connectivity index (χ2v) is 6.38. The van der Waals surface area contributed by atoms with Crippen molar-refractivity contribution in [2.75, 3.05) is 18.9 Å². The summed E-state index contributed by atoms with van der Waals surface area (Å²) in [6.45, 7) is 0.492. The van der Waals surface area contributed by atoms with Gasteiger partial charge in [-0.3, -0.25) is 0 Å². The maximum absolute atomic E-state index is 12.2. The molecule has 2 aromatic rings. The fraction of sp³-hybridized carbons (Fsp3) is 0.385. The van der Waals surface area contributed by atoms with Crippen molar-refractivity contribution >= 4 is 26.6 Å². The minimum absolute atomic E-state index is 0.133. The van der Waals surface area contributed by atoms with E-state index in [-0.39, 0.29) is 11.5 Å². The second-order valence-electron chi connectivity index (χ2n) is 4.64. The third-order valence-corrected chi connectivity index (χ3v) is 4.59. The Hall–Kier alpha value is -1.57. The number of nitrogen functional groups attached to an aromatic ring is 1. The van der Waals surface area contributed by atoms with Crippen molar-refractivity contribution in [1.29, 1.82) is 0 Å². The Morgan fingerprint density at radius 3 is 2.80 bits per heavy atom. The first-order valence-corrected chi connectivity index (χ1v) is 8.00. The highest BCUT2D eigenvalue weighted by Crippen LogP contribution is 2.24. The second kappa shape index (κ2) is 6.25. The summed E-state index contributed by atoms with van der Waals surface area (Å²) < 4.78 is 27.0. The third-order valence-electron chi connectivity index (χ3n) is 3.08. The number of sulfonamides is 1. The molecule has 1 heterocycles. The van der Waals surface area contributed by atoms with E-state index >= 15 is 0 Å². The highest BCUT2D eigenvalue weighted by Gasteiger charge is 2.18. The van der Waals surface area contributed by atoms with E-state index in [4.69, 9.17) is 10.8 Å². The predicted molar refractivity (Wildman–Crippen MR) is 78.8 cm³/mol. The van der Waals surface area contributed by atoms with Gasteiger partial charge in [-0.1, -0.05) is 0 Å². The molecule has 1 aromatic carbocycles. The Bertz CT molecular complexity index is 679. The van der Waals surface area contributed by atoms with Crippen molar-refractivity contribution in [1.82, 2.24) is 9.71 Å². The van der Waals surface area contributed by atoms with Crippen LogP contribution >= 0.6 is 0 Å². The van der Waals surface area contributed by atoms with Gasteiger partial charge in [0.25, 0.3) is 0 Å². The molecule has 6 nitrogen and oxygen atoms in total. The van der Waals surface area contributed by atoms with Gasteiger partial charge >= 0.3 is 0 Å². The van der Waals surface area contributed by atoms with Gasteiger partial charge in [0.1, 0.15) is 4.90 Å². The van der Waals surface area contributed by atoms with Crippen molar-refractivity contribution in [3.63, 3.8) is 0 Å². The molecule has 0 aliphatic rings. The molecule has 1 aromatic heterocycles. The number of H-pyrrole nitrogens is 1. The largest absolute Gasteiger partial charge is 0.399 e. The van der Waals surface area contributed by atoms with Crippen molar-refractivity contribution in [2.24, 2.45) is 0 Å². The maximum atomic E-state index is 12.2. The Kier molecular flexibility index (Phi) is 4.64. The van der Waals surface area contributed by atoms with E-state index in [1.165, 1.54) is 6.20 Å². The van der Waals surface area contributed by atoms with Crippen LogP contribution in [0.25, 0.3) is 10.9 Å². The van der Waals surface area contributed by atoms with Gasteiger partial charge in [-0.2, -0.15) is 0 Å². The number of rotatable bonds is 7. The number of nitrogens with one attached hydrogen (secondary N) is 2. The fourth-order valence-electron chi connectivity index (χ4n) is 2.03. The van der Waals surface area contributed by atoms with Gasteiger partial charge in [-0.25, -0.2) is 13.1 Å². The van der Waals surface area contributed by atoms with Gasteiger partial charge in [0.15, 0.2) is 0 Å². The molecule has 0 amide bonds. The summed E-state index contributed by atoms with van der Waals surface area (Å²) in [5.41, 5.74) is 6.96. The van der Waals surface area contributed by atoms with Gasteiger partial charge in [0, 0.05) is 35.9 Å².